The second-order valence-electron chi connectivity index (χ2n) is 9.77. The maximum Gasteiger partial charge on any atom is 0.317 e. The highest BCUT2D eigenvalue weighted by Gasteiger charge is 2.42. The Morgan fingerprint density at radius 1 is 1.11 bits per heavy atom. The Labute approximate surface area is 208 Å². The average molecular weight is 505 g/mol. The van der Waals surface area contributed by atoms with Crippen LogP contribution in [0.4, 0.5) is 15.8 Å². The van der Waals surface area contributed by atoms with E-state index in [1.54, 1.807) is 18.2 Å². The van der Waals surface area contributed by atoms with E-state index < -0.39 is 21.2 Å². The summed E-state index contributed by atoms with van der Waals surface area (Å²) in [6.45, 7) is 6.73. The summed E-state index contributed by atoms with van der Waals surface area (Å²) in [5.74, 6) is -1.24. The van der Waals surface area contributed by atoms with Gasteiger partial charge in [0.2, 0.25) is 0 Å². The molecule has 35 heavy (non-hydrogen) atoms. The molecule has 0 fully saturated rings. The molecule has 2 N–H and O–H groups in total. The summed E-state index contributed by atoms with van der Waals surface area (Å²) in [6.07, 6.45) is 5.46. The standard InChI is InChI=1S/C27H37FN2O4S/c1-4-6-12-27(13-7-5-2)18-30(23-10-8-22(28)9-11-23)24-14-20(3)21(16-29-17-26(31)32)15-25(24)35(33,34)19-27/h8-11,14-15,29H,4-7,12-13,16-19H2,1-3H3,(H,31,32). The number of aliphatic carboxylic acids is 1. The number of aryl methyl sites for hydroxylation is 1. The molecule has 0 atom stereocenters. The molecule has 0 spiro atoms. The number of halogens is 1. The van der Waals surface area contributed by atoms with Crippen LogP contribution in [0, 0.1) is 18.2 Å². The molecule has 1 heterocycles. The molecule has 192 valence electrons. The van der Waals surface area contributed by atoms with E-state index in [1.807, 2.05) is 17.9 Å². The number of carboxylic acid groups (broad SMARTS) is 1. The third-order valence-electron chi connectivity index (χ3n) is 6.88. The number of sulfone groups is 1. The van der Waals surface area contributed by atoms with Crippen LogP contribution in [-0.2, 0) is 21.2 Å². The number of rotatable bonds is 11. The SMILES string of the molecule is CCCCC1(CCCC)CN(c2ccc(F)cc2)c2cc(C)c(CNCC(=O)O)cc2S(=O)(=O)C1. The van der Waals surface area contributed by atoms with Crippen LogP contribution >= 0.6 is 0 Å². The van der Waals surface area contributed by atoms with Gasteiger partial charge in [0.15, 0.2) is 9.84 Å². The van der Waals surface area contributed by atoms with Crippen molar-refractivity contribution in [3.05, 3.63) is 53.3 Å². The normalized spacial score (nSPS) is 16.5. The maximum absolute atomic E-state index is 13.9. The quantitative estimate of drug-likeness (QED) is 0.414. The van der Waals surface area contributed by atoms with Gasteiger partial charge in [-0.05, 0) is 67.3 Å². The van der Waals surface area contributed by atoms with E-state index in [4.69, 9.17) is 5.11 Å². The highest BCUT2D eigenvalue weighted by Crippen LogP contribution is 2.45. The van der Waals surface area contributed by atoms with Crippen molar-refractivity contribution in [1.29, 1.82) is 0 Å². The third kappa shape index (κ3) is 6.61. The number of unbranched alkanes of at least 4 members (excludes halogenated alkanes) is 2. The first-order valence-corrected chi connectivity index (χ1v) is 14.1. The Bertz CT molecular complexity index is 1120. The lowest BCUT2D eigenvalue weighted by Gasteiger charge is -2.37. The van der Waals surface area contributed by atoms with Gasteiger partial charge in [-0.1, -0.05) is 39.5 Å². The Kier molecular flexibility index (Phi) is 8.94. The number of benzene rings is 2. The summed E-state index contributed by atoms with van der Waals surface area (Å²) < 4.78 is 41.6. The van der Waals surface area contributed by atoms with Crippen LogP contribution in [0.1, 0.15) is 63.5 Å². The zero-order valence-electron chi connectivity index (χ0n) is 20.9. The zero-order valence-corrected chi connectivity index (χ0v) is 21.8. The number of fused-ring (bicyclic) bond motifs is 1. The first-order valence-electron chi connectivity index (χ1n) is 12.4. The van der Waals surface area contributed by atoms with Gasteiger partial charge in [0, 0.05) is 24.2 Å². The summed E-state index contributed by atoms with van der Waals surface area (Å²) in [4.78, 5) is 13.2. The molecule has 0 aliphatic carbocycles. The van der Waals surface area contributed by atoms with Gasteiger partial charge in [0.1, 0.15) is 5.82 Å². The van der Waals surface area contributed by atoms with Crippen LogP contribution in [0.2, 0.25) is 0 Å². The fraction of sp³-hybridized carbons (Fsp3) is 0.519. The van der Waals surface area contributed by atoms with Crippen molar-refractivity contribution in [2.24, 2.45) is 5.41 Å². The lowest BCUT2D eigenvalue weighted by molar-refractivity contribution is -0.136. The summed E-state index contributed by atoms with van der Waals surface area (Å²) in [6, 6.07) is 9.81. The van der Waals surface area contributed by atoms with Crippen molar-refractivity contribution in [2.75, 3.05) is 23.7 Å². The molecule has 0 amide bonds. The smallest absolute Gasteiger partial charge is 0.317 e. The number of nitrogens with zero attached hydrogens (tertiary/aromatic N) is 1. The van der Waals surface area contributed by atoms with Gasteiger partial charge in [0.25, 0.3) is 0 Å². The van der Waals surface area contributed by atoms with Crippen LogP contribution in [0.25, 0.3) is 0 Å². The van der Waals surface area contributed by atoms with E-state index in [9.17, 15) is 17.6 Å². The van der Waals surface area contributed by atoms with Gasteiger partial charge >= 0.3 is 5.97 Å². The summed E-state index contributed by atoms with van der Waals surface area (Å²) >= 11 is 0. The summed E-state index contributed by atoms with van der Waals surface area (Å²) in [5.41, 5.74) is 2.57. The minimum absolute atomic E-state index is 0.0652. The highest BCUT2D eigenvalue weighted by atomic mass is 32.2. The van der Waals surface area contributed by atoms with E-state index in [0.29, 0.717) is 12.2 Å². The Morgan fingerprint density at radius 3 is 2.31 bits per heavy atom. The molecule has 0 unspecified atom stereocenters. The fourth-order valence-corrected chi connectivity index (χ4v) is 7.15. The van der Waals surface area contributed by atoms with Gasteiger partial charge in [-0.25, -0.2) is 12.8 Å². The first kappa shape index (κ1) is 27.1. The van der Waals surface area contributed by atoms with Gasteiger partial charge in [0.05, 0.1) is 22.9 Å². The monoisotopic (exact) mass is 504 g/mol. The lowest BCUT2D eigenvalue weighted by atomic mass is 9.79. The van der Waals surface area contributed by atoms with Crippen LogP contribution in [0.3, 0.4) is 0 Å². The molecular formula is C27H37FN2O4S. The van der Waals surface area contributed by atoms with Crippen molar-refractivity contribution >= 4 is 27.2 Å². The zero-order chi connectivity index (χ0) is 25.6. The van der Waals surface area contributed by atoms with Crippen LogP contribution in [0.5, 0.6) is 0 Å². The number of nitrogens with one attached hydrogen (secondary N) is 1. The fourth-order valence-electron chi connectivity index (χ4n) is 5.00. The minimum atomic E-state index is -3.64. The van der Waals surface area contributed by atoms with E-state index in [1.165, 1.54) is 12.1 Å². The molecule has 1 aliphatic rings. The van der Waals surface area contributed by atoms with Gasteiger partial charge in [-0.15, -0.1) is 0 Å². The molecule has 8 heteroatoms. The second kappa shape index (κ2) is 11.5. The van der Waals surface area contributed by atoms with Crippen molar-refractivity contribution in [1.82, 2.24) is 5.32 Å². The molecule has 0 bridgehead atoms. The number of carbonyl (C=O) groups is 1. The van der Waals surface area contributed by atoms with Crippen LogP contribution in [-0.4, -0.2) is 38.3 Å². The number of anilines is 2. The number of hydrogen-bond acceptors (Lipinski definition) is 5. The van der Waals surface area contributed by atoms with Crippen LogP contribution < -0.4 is 10.2 Å². The van der Waals surface area contributed by atoms with Gasteiger partial charge < -0.3 is 15.3 Å². The molecule has 1 aliphatic heterocycles. The maximum atomic E-state index is 13.9. The molecular weight excluding hydrogens is 467 g/mol. The van der Waals surface area contributed by atoms with E-state index in [0.717, 1.165) is 55.3 Å². The van der Waals surface area contributed by atoms with Crippen molar-refractivity contribution < 1.29 is 22.7 Å². The molecule has 0 saturated heterocycles. The summed E-state index contributed by atoms with van der Waals surface area (Å²) in [7, 11) is -3.64. The first-order chi connectivity index (χ1) is 16.6. The lowest BCUT2D eigenvalue weighted by Crippen LogP contribution is -2.38. The van der Waals surface area contributed by atoms with Crippen molar-refractivity contribution in [3.63, 3.8) is 0 Å². The Morgan fingerprint density at radius 2 is 1.74 bits per heavy atom. The molecule has 3 rings (SSSR count). The minimum Gasteiger partial charge on any atom is -0.480 e. The number of carboxylic acids is 1. The largest absolute Gasteiger partial charge is 0.480 e. The van der Waals surface area contributed by atoms with Gasteiger partial charge in [-0.3, -0.25) is 4.79 Å². The number of hydrogen-bond donors (Lipinski definition) is 2. The second-order valence-corrected chi connectivity index (χ2v) is 11.7. The predicted octanol–water partition coefficient (Wildman–Crippen LogP) is 5.60. The summed E-state index contributed by atoms with van der Waals surface area (Å²) in [5, 5.41) is 11.8. The van der Waals surface area contributed by atoms with E-state index in [-0.39, 0.29) is 29.6 Å². The molecule has 0 aromatic heterocycles. The average Bonchev–Trinajstić information content (AvgIpc) is 2.89. The molecule has 2 aromatic rings. The Hall–Kier alpha value is -2.45. The molecule has 0 saturated carbocycles. The Balaban J connectivity index is 2.17. The van der Waals surface area contributed by atoms with E-state index >= 15 is 0 Å². The molecule has 0 radical (unpaired) electrons. The molecule has 6 nitrogen and oxygen atoms in total. The van der Waals surface area contributed by atoms with Crippen molar-refractivity contribution in [3.8, 4) is 0 Å². The van der Waals surface area contributed by atoms with Gasteiger partial charge in [-0.2, -0.15) is 0 Å². The van der Waals surface area contributed by atoms with Crippen molar-refractivity contribution in [2.45, 2.75) is 70.7 Å². The highest BCUT2D eigenvalue weighted by molar-refractivity contribution is 7.91. The van der Waals surface area contributed by atoms with Crippen LogP contribution in [0.15, 0.2) is 41.3 Å². The third-order valence-corrected chi connectivity index (χ3v) is 8.87. The predicted molar refractivity (Wildman–Crippen MR) is 137 cm³/mol. The van der Waals surface area contributed by atoms with E-state index in [2.05, 4.69) is 19.2 Å². The molecule has 2 aromatic carbocycles. The topological polar surface area (TPSA) is 86.7 Å².